The molecule has 2 saturated carbocycles. The summed E-state index contributed by atoms with van der Waals surface area (Å²) in [6.45, 7) is 2.11. The number of hydrogen-bond donors (Lipinski definition) is 1. The summed E-state index contributed by atoms with van der Waals surface area (Å²) >= 11 is 6.33. The third-order valence-electron chi connectivity index (χ3n) is 6.80. The lowest BCUT2D eigenvalue weighted by Crippen LogP contribution is -2.30. The number of oxazole rings is 1. The molecular formula is C24H25ClN2O3S. The predicted octanol–water partition coefficient (Wildman–Crippen LogP) is 6.06. The van der Waals surface area contributed by atoms with E-state index in [2.05, 4.69) is 17.2 Å². The van der Waals surface area contributed by atoms with Crippen LogP contribution in [0.15, 0.2) is 68.9 Å². The maximum atomic E-state index is 13.4. The Morgan fingerprint density at radius 2 is 1.81 bits per heavy atom. The molecule has 2 fully saturated rings. The normalized spacial score (nSPS) is 23.7. The average molecular weight is 457 g/mol. The SMILES string of the molecule is CC(Nc1oc(-c2ccccc2Cl)nc1S(=O)(=O)c1ccccc1)C1CC2CCC1C2. The fraction of sp³-hybridized carbons (Fsp3) is 0.375. The number of fused-ring (bicyclic) bond motifs is 2. The molecule has 31 heavy (non-hydrogen) atoms. The van der Waals surface area contributed by atoms with E-state index in [1.54, 1.807) is 42.5 Å². The molecule has 4 atom stereocenters. The van der Waals surface area contributed by atoms with Crippen molar-refractivity contribution in [3.8, 4) is 11.5 Å². The molecule has 0 amide bonds. The summed E-state index contributed by atoms with van der Waals surface area (Å²) in [6, 6.07) is 15.6. The monoisotopic (exact) mass is 456 g/mol. The van der Waals surface area contributed by atoms with Gasteiger partial charge in [0.05, 0.1) is 15.5 Å². The molecule has 162 valence electrons. The largest absolute Gasteiger partial charge is 0.419 e. The topological polar surface area (TPSA) is 72.2 Å². The summed E-state index contributed by atoms with van der Waals surface area (Å²) in [5.74, 6) is 2.41. The number of benzene rings is 2. The Kier molecular flexibility index (Phi) is 5.30. The van der Waals surface area contributed by atoms with Gasteiger partial charge in [-0.3, -0.25) is 0 Å². The van der Waals surface area contributed by atoms with Crippen LogP contribution >= 0.6 is 11.6 Å². The summed E-state index contributed by atoms with van der Waals surface area (Å²) in [5.41, 5.74) is 0.564. The number of aromatic nitrogens is 1. The zero-order chi connectivity index (χ0) is 21.6. The summed E-state index contributed by atoms with van der Waals surface area (Å²) in [4.78, 5) is 4.60. The smallest absolute Gasteiger partial charge is 0.234 e. The fourth-order valence-electron chi connectivity index (χ4n) is 5.26. The molecule has 1 aromatic heterocycles. The van der Waals surface area contributed by atoms with Crippen LogP contribution in [-0.2, 0) is 9.84 Å². The molecule has 4 unspecified atom stereocenters. The van der Waals surface area contributed by atoms with E-state index in [4.69, 9.17) is 16.0 Å². The van der Waals surface area contributed by atoms with Crippen molar-refractivity contribution in [2.45, 2.75) is 48.6 Å². The van der Waals surface area contributed by atoms with Crippen molar-refractivity contribution in [3.63, 3.8) is 0 Å². The first-order chi connectivity index (χ1) is 14.9. The second-order valence-corrected chi connectivity index (χ2v) is 11.0. The Labute approximate surface area is 187 Å². The van der Waals surface area contributed by atoms with Crippen LogP contribution in [0.4, 0.5) is 5.88 Å². The van der Waals surface area contributed by atoms with Gasteiger partial charge in [-0.2, -0.15) is 4.98 Å². The van der Waals surface area contributed by atoms with E-state index in [1.165, 1.54) is 25.7 Å². The molecule has 5 rings (SSSR count). The summed E-state index contributed by atoms with van der Waals surface area (Å²) in [5, 5.41) is 3.74. The first-order valence-electron chi connectivity index (χ1n) is 10.8. The molecule has 0 spiro atoms. The first-order valence-corrected chi connectivity index (χ1v) is 12.6. The molecule has 0 saturated heterocycles. The third-order valence-corrected chi connectivity index (χ3v) is 8.81. The van der Waals surface area contributed by atoms with Crippen molar-refractivity contribution >= 4 is 27.3 Å². The van der Waals surface area contributed by atoms with Gasteiger partial charge in [0.25, 0.3) is 0 Å². The van der Waals surface area contributed by atoms with Gasteiger partial charge in [-0.1, -0.05) is 48.4 Å². The molecule has 1 N–H and O–H groups in total. The lowest BCUT2D eigenvalue weighted by atomic mass is 9.84. The lowest BCUT2D eigenvalue weighted by molar-refractivity contribution is 0.301. The second kappa shape index (κ2) is 7.99. The molecule has 2 aromatic carbocycles. The lowest BCUT2D eigenvalue weighted by Gasteiger charge is -2.28. The van der Waals surface area contributed by atoms with E-state index in [0.29, 0.717) is 22.4 Å². The van der Waals surface area contributed by atoms with Crippen LogP contribution in [0, 0.1) is 17.8 Å². The summed E-state index contributed by atoms with van der Waals surface area (Å²) < 4.78 is 32.9. The molecule has 3 aromatic rings. The Balaban J connectivity index is 1.55. The van der Waals surface area contributed by atoms with Crippen molar-refractivity contribution in [1.82, 2.24) is 4.98 Å². The maximum Gasteiger partial charge on any atom is 0.234 e. The van der Waals surface area contributed by atoms with Crippen molar-refractivity contribution in [2.75, 3.05) is 5.32 Å². The highest BCUT2D eigenvalue weighted by Crippen LogP contribution is 2.50. The van der Waals surface area contributed by atoms with Gasteiger partial charge in [0, 0.05) is 6.04 Å². The number of halogens is 1. The van der Waals surface area contributed by atoms with Gasteiger partial charge >= 0.3 is 0 Å². The van der Waals surface area contributed by atoms with E-state index in [1.807, 2.05) is 12.1 Å². The molecule has 2 aliphatic carbocycles. The number of nitrogens with one attached hydrogen (secondary N) is 1. The number of anilines is 1. The van der Waals surface area contributed by atoms with Crippen LogP contribution in [0.5, 0.6) is 0 Å². The minimum Gasteiger partial charge on any atom is -0.419 e. The number of sulfone groups is 1. The zero-order valence-corrected chi connectivity index (χ0v) is 18.9. The first kappa shape index (κ1) is 20.6. The van der Waals surface area contributed by atoms with Crippen molar-refractivity contribution in [2.24, 2.45) is 17.8 Å². The summed E-state index contributed by atoms with van der Waals surface area (Å²) in [6.07, 6.45) is 5.05. The number of rotatable bonds is 6. The highest BCUT2D eigenvalue weighted by atomic mass is 35.5. The van der Waals surface area contributed by atoms with Gasteiger partial charge in [0.15, 0.2) is 0 Å². The van der Waals surface area contributed by atoms with Crippen LogP contribution in [0.1, 0.15) is 32.6 Å². The average Bonchev–Trinajstić information content (AvgIpc) is 3.51. The molecule has 5 nitrogen and oxygen atoms in total. The van der Waals surface area contributed by atoms with Crippen LogP contribution in [0.2, 0.25) is 5.02 Å². The van der Waals surface area contributed by atoms with E-state index < -0.39 is 9.84 Å². The zero-order valence-electron chi connectivity index (χ0n) is 17.3. The predicted molar refractivity (Wildman–Crippen MR) is 121 cm³/mol. The Morgan fingerprint density at radius 3 is 2.48 bits per heavy atom. The van der Waals surface area contributed by atoms with Crippen LogP contribution in [0.3, 0.4) is 0 Å². The molecule has 1 heterocycles. The van der Waals surface area contributed by atoms with E-state index in [0.717, 1.165) is 5.92 Å². The van der Waals surface area contributed by atoms with Crippen LogP contribution in [0.25, 0.3) is 11.5 Å². The highest BCUT2D eigenvalue weighted by molar-refractivity contribution is 7.91. The Bertz CT molecular complexity index is 1190. The molecule has 0 radical (unpaired) electrons. The van der Waals surface area contributed by atoms with E-state index >= 15 is 0 Å². The van der Waals surface area contributed by atoms with Gasteiger partial charge in [-0.15, -0.1) is 0 Å². The van der Waals surface area contributed by atoms with Gasteiger partial charge in [0.2, 0.25) is 26.6 Å². The van der Waals surface area contributed by atoms with E-state index in [-0.39, 0.29) is 27.7 Å². The van der Waals surface area contributed by atoms with Crippen molar-refractivity contribution < 1.29 is 12.8 Å². The highest BCUT2D eigenvalue weighted by Gasteiger charge is 2.42. The molecule has 2 aliphatic rings. The van der Waals surface area contributed by atoms with Crippen LogP contribution < -0.4 is 5.32 Å². The molecular weight excluding hydrogens is 432 g/mol. The number of hydrogen-bond acceptors (Lipinski definition) is 5. The van der Waals surface area contributed by atoms with E-state index in [9.17, 15) is 8.42 Å². The Hall–Kier alpha value is -2.31. The van der Waals surface area contributed by atoms with Gasteiger partial charge in [-0.05, 0) is 68.2 Å². The minimum absolute atomic E-state index is 0.0899. The van der Waals surface area contributed by atoms with Gasteiger partial charge in [-0.25, -0.2) is 8.42 Å². The van der Waals surface area contributed by atoms with Gasteiger partial charge < -0.3 is 9.73 Å². The Morgan fingerprint density at radius 1 is 1.06 bits per heavy atom. The number of nitrogens with zero attached hydrogens (tertiary/aromatic N) is 1. The van der Waals surface area contributed by atoms with Gasteiger partial charge in [0.1, 0.15) is 0 Å². The molecule has 2 bridgehead atoms. The summed E-state index contributed by atoms with van der Waals surface area (Å²) in [7, 11) is -3.86. The third kappa shape index (κ3) is 3.76. The maximum absolute atomic E-state index is 13.4. The fourth-order valence-corrected chi connectivity index (χ4v) is 6.76. The van der Waals surface area contributed by atoms with Crippen molar-refractivity contribution in [1.29, 1.82) is 0 Å². The minimum atomic E-state index is -3.86. The second-order valence-electron chi connectivity index (χ2n) is 8.72. The van der Waals surface area contributed by atoms with Crippen LogP contribution in [-0.4, -0.2) is 19.4 Å². The quantitative estimate of drug-likeness (QED) is 0.487. The molecule has 0 aliphatic heterocycles. The van der Waals surface area contributed by atoms with Crippen molar-refractivity contribution in [3.05, 3.63) is 59.6 Å². The standard InChI is InChI=1S/C24H25ClN2O3S/c1-15(20-14-16-11-12-17(20)13-16)26-23-24(31(28,29)18-7-3-2-4-8-18)27-22(30-23)19-9-5-6-10-21(19)25/h2-10,15-17,20,26H,11-14H2,1H3. The molecule has 7 heteroatoms.